The van der Waals surface area contributed by atoms with E-state index in [0.29, 0.717) is 22.1 Å². The van der Waals surface area contributed by atoms with E-state index in [2.05, 4.69) is 9.98 Å². The molecule has 2 heterocycles. The average Bonchev–Trinajstić information content (AvgIpc) is 3.25. The molecule has 5 rings (SSSR count). The van der Waals surface area contributed by atoms with Crippen LogP contribution in [0.4, 0.5) is 0 Å². The number of nitrogens with zero attached hydrogens (tertiary/aromatic N) is 1. The Morgan fingerprint density at radius 3 is 2.50 bits per heavy atom. The van der Waals surface area contributed by atoms with Gasteiger partial charge in [0, 0.05) is 27.9 Å². The Bertz CT molecular complexity index is 1700. The summed E-state index contributed by atoms with van der Waals surface area (Å²) in [6, 6.07) is 20.9. The number of benzene rings is 3. The first kappa shape index (κ1) is 21.6. The number of aromatic nitrogens is 1. The van der Waals surface area contributed by atoms with Crippen LogP contribution in [0.15, 0.2) is 91.9 Å². The van der Waals surface area contributed by atoms with E-state index in [1.165, 1.54) is 18.3 Å². The summed E-state index contributed by atoms with van der Waals surface area (Å²) < 4.78 is 28.7. The molecular formula is C25H19N3O5S. The van der Waals surface area contributed by atoms with Crippen LogP contribution in [0.5, 0.6) is 5.88 Å². The number of aromatic hydroxyl groups is 1. The van der Waals surface area contributed by atoms with E-state index in [0.717, 1.165) is 22.1 Å². The van der Waals surface area contributed by atoms with Crippen molar-refractivity contribution in [3.63, 3.8) is 0 Å². The van der Waals surface area contributed by atoms with Crippen molar-refractivity contribution in [1.29, 1.82) is 0 Å². The Labute approximate surface area is 194 Å². The van der Waals surface area contributed by atoms with Crippen LogP contribution in [0.25, 0.3) is 33.1 Å². The lowest BCUT2D eigenvalue weighted by molar-refractivity contribution is 0.452. The highest BCUT2D eigenvalue weighted by Gasteiger charge is 2.13. The van der Waals surface area contributed by atoms with Gasteiger partial charge in [-0.05, 0) is 42.0 Å². The molecule has 3 aromatic carbocycles. The number of hydrogen-bond donors (Lipinski definition) is 3. The molecule has 0 aliphatic carbocycles. The lowest BCUT2D eigenvalue weighted by Gasteiger charge is -2.07. The zero-order chi connectivity index (χ0) is 23.9. The minimum Gasteiger partial charge on any atom is -0.494 e. The lowest BCUT2D eigenvalue weighted by Crippen LogP contribution is -2.11. The monoisotopic (exact) mass is 473 g/mol. The first-order valence-electron chi connectivity index (χ1n) is 10.3. The van der Waals surface area contributed by atoms with E-state index in [1.807, 2.05) is 30.3 Å². The van der Waals surface area contributed by atoms with Crippen LogP contribution in [0.3, 0.4) is 0 Å². The molecule has 0 aliphatic rings. The second-order valence-corrected chi connectivity index (χ2v) is 9.35. The highest BCUT2D eigenvalue weighted by atomic mass is 32.2. The lowest BCUT2D eigenvalue weighted by atomic mass is 10.0. The quantitative estimate of drug-likeness (QED) is 0.332. The van der Waals surface area contributed by atoms with Crippen molar-refractivity contribution in [2.75, 3.05) is 0 Å². The highest BCUT2D eigenvalue weighted by molar-refractivity contribution is 7.89. The van der Waals surface area contributed by atoms with Gasteiger partial charge in [-0.2, -0.15) is 0 Å². The van der Waals surface area contributed by atoms with Gasteiger partial charge in [-0.15, -0.1) is 0 Å². The van der Waals surface area contributed by atoms with E-state index in [-0.39, 0.29) is 17.3 Å². The minimum atomic E-state index is -3.77. The summed E-state index contributed by atoms with van der Waals surface area (Å²) in [7, 11) is -3.77. The molecule has 2 aromatic heterocycles. The summed E-state index contributed by atoms with van der Waals surface area (Å²) in [6.07, 6.45) is 1.48. The van der Waals surface area contributed by atoms with Crippen LogP contribution in [0.1, 0.15) is 11.1 Å². The highest BCUT2D eigenvalue weighted by Crippen LogP contribution is 2.31. The number of para-hydroxylation sites is 1. The second kappa shape index (κ2) is 8.29. The number of sulfonamides is 1. The van der Waals surface area contributed by atoms with Gasteiger partial charge in [0.15, 0.2) is 0 Å². The third kappa shape index (κ3) is 4.09. The number of H-pyrrole nitrogens is 1. The van der Waals surface area contributed by atoms with Crippen molar-refractivity contribution in [2.24, 2.45) is 10.1 Å². The smallest absolute Gasteiger partial charge is 0.258 e. The summed E-state index contributed by atoms with van der Waals surface area (Å²) in [4.78, 5) is 19.2. The maximum atomic E-state index is 12.4. The van der Waals surface area contributed by atoms with E-state index < -0.39 is 15.6 Å². The summed E-state index contributed by atoms with van der Waals surface area (Å²) in [5.74, 6) is 0.341. The van der Waals surface area contributed by atoms with Gasteiger partial charge in [-0.3, -0.25) is 14.8 Å². The number of nitrogens with one attached hydrogen (secondary N) is 1. The molecule has 170 valence electrons. The molecule has 0 radical (unpaired) electrons. The van der Waals surface area contributed by atoms with E-state index in [1.54, 1.807) is 30.3 Å². The average molecular weight is 474 g/mol. The fourth-order valence-corrected chi connectivity index (χ4v) is 4.29. The molecule has 0 saturated carbocycles. The standard InChI is InChI=1S/C25H19N3O5S/c26-34(31,32)18-8-5-15(6-9-18)13-27-14-21-20-11-17(7-10-19(20)24(29)28-25(21)30)23-12-16-3-1-2-4-22(16)33-23/h1-12,14H,13H2,(H2,26,31,32)(H2,28,29,30). The predicted molar refractivity (Wildman–Crippen MR) is 131 cm³/mol. The molecule has 34 heavy (non-hydrogen) atoms. The van der Waals surface area contributed by atoms with Crippen LogP contribution in [-0.2, 0) is 16.6 Å². The Morgan fingerprint density at radius 1 is 1.00 bits per heavy atom. The van der Waals surface area contributed by atoms with E-state index >= 15 is 0 Å². The number of pyridine rings is 1. The summed E-state index contributed by atoms with van der Waals surface area (Å²) >= 11 is 0. The summed E-state index contributed by atoms with van der Waals surface area (Å²) in [6.45, 7) is 0.230. The van der Waals surface area contributed by atoms with Crippen LogP contribution < -0.4 is 10.7 Å². The normalized spacial score (nSPS) is 12.1. The minimum absolute atomic E-state index is 0.0163. The molecule has 8 nitrogen and oxygen atoms in total. The van der Waals surface area contributed by atoms with Crippen LogP contribution in [0.2, 0.25) is 0 Å². The number of rotatable bonds is 5. The summed E-state index contributed by atoms with van der Waals surface area (Å²) in [5.41, 5.74) is 2.19. The molecule has 0 amide bonds. The number of aromatic amines is 1. The van der Waals surface area contributed by atoms with Crippen molar-refractivity contribution >= 4 is 38.0 Å². The van der Waals surface area contributed by atoms with Crippen LogP contribution >= 0.6 is 0 Å². The Morgan fingerprint density at radius 2 is 1.76 bits per heavy atom. The molecule has 0 unspecified atom stereocenters. The molecule has 0 bridgehead atoms. The molecule has 0 fully saturated rings. The topological polar surface area (TPSA) is 139 Å². The van der Waals surface area contributed by atoms with Gasteiger partial charge < -0.3 is 9.52 Å². The Balaban J connectivity index is 1.52. The fraction of sp³-hybridized carbons (Fsp3) is 0.0400. The van der Waals surface area contributed by atoms with Crippen LogP contribution in [0, 0.1) is 0 Å². The van der Waals surface area contributed by atoms with Crippen molar-refractivity contribution in [1.82, 2.24) is 4.98 Å². The van der Waals surface area contributed by atoms with Crippen molar-refractivity contribution < 1.29 is 17.9 Å². The molecule has 0 spiro atoms. The van der Waals surface area contributed by atoms with Crippen molar-refractivity contribution in [2.45, 2.75) is 11.4 Å². The third-order valence-corrected chi connectivity index (χ3v) is 6.43. The number of nitrogens with two attached hydrogens (primary N) is 1. The van der Waals surface area contributed by atoms with Crippen LogP contribution in [-0.4, -0.2) is 24.7 Å². The first-order valence-corrected chi connectivity index (χ1v) is 11.8. The van der Waals surface area contributed by atoms with Gasteiger partial charge in [-0.1, -0.05) is 36.4 Å². The number of hydrogen-bond acceptors (Lipinski definition) is 6. The van der Waals surface area contributed by atoms with Gasteiger partial charge in [0.05, 0.1) is 17.0 Å². The zero-order valence-corrected chi connectivity index (χ0v) is 18.5. The maximum Gasteiger partial charge on any atom is 0.258 e. The molecule has 5 aromatic rings. The number of aliphatic imine (C=N–C) groups is 1. The molecule has 0 atom stereocenters. The van der Waals surface area contributed by atoms with Crippen molar-refractivity contribution in [3.05, 3.63) is 94.3 Å². The van der Waals surface area contributed by atoms with E-state index in [9.17, 15) is 18.3 Å². The SMILES string of the molecule is NS(=O)(=O)c1ccc(CN=Cc2c(O)[nH]c(=O)c3ccc(-c4cc5ccccc5o4)cc23)cc1. The van der Waals surface area contributed by atoms with Gasteiger partial charge in [0.2, 0.25) is 15.9 Å². The third-order valence-electron chi connectivity index (χ3n) is 5.50. The zero-order valence-electron chi connectivity index (χ0n) is 17.7. The Kier molecular flexibility index (Phi) is 5.27. The number of furan rings is 1. The molecule has 0 aliphatic heterocycles. The van der Waals surface area contributed by atoms with Gasteiger partial charge in [0.25, 0.3) is 5.56 Å². The molecule has 9 heteroatoms. The van der Waals surface area contributed by atoms with Gasteiger partial charge in [0.1, 0.15) is 11.3 Å². The maximum absolute atomic E-state index is 12.4. The predicted octanol–water partition coefficient (Wildman–Crippen LogP) is 3.91. The van der Waals surface area contributed by atoms with Gasteiger partial charge in [-0.25, -0.2) is 13.6 Å². The first-order chi connectivity index (χ1) is 16.3. The van der Waals surface area contributed by atoms with E-state index in [4.69, 9.17) is 9.56 Å². The Hall–Kier alpha value is -4.21. The number of primary sulfonamides is 1. The van der Waals surface area contributed by atoms with Gasteiger partial charge >= 0.3 is 0 Å². The second-order valence-electron chi connectivity index (χ2n) is 7.78. The van der Waals surface area contributed by atoms with Crippen molar-refractivity contribution in [3.8, 4) is 17.2 Å². The fourth-order valence-electron chi connectivity index (χ4n) is 3.77. The summed E-state index contributed by atoms with van der Waals surface area (Å²) in [5, 5.41) is 17.4. The molecule has 4 N–H and O–H groups in total. The molecule has 0 saturated heterocycles. The largest absolute Gasteiger partial charge is 0.494 e. The molecular weight excluding hydrogens is 454 g/mol. The number of fused-ring (bicyclic) bond motifs is 2.